The molecular weight excluding hydrogens is 524 g/mol. The fraction of sp³-hybridized carbons (Fsp3) is 0.577. The number of unbranched alkanes of at least 4 members (excludes halogenated alkanes) is 2. The topological polar surface area (TPSA) is 144 Å². The number of ketones is 1. The number of nitrogen functional groups attached to an aromatic ring is 1. The molecule has 0 aromatic carbocycles. The molecule has 2 aliphatic rings. The summed E-state index contributed by atoms with van der Waals surface area (Å²) in [7, 11) is 0. The van der Waals surface area contributed by atoms with E-state index >= 15 is 0 Å². The molecule has 0 saturated carbocycles. The summed E-state index contributed by atoms with van der Waals surface area (Å²) >= 11 is 0. The van der Waals surface area contributed by atoms with E-state index in [9.17, 15) is 18.4 Å². The monoisotopic (exact) mass is 559 g/mol. The number of alkyl halides is 2. The molecule has 12 nitrogen and oxygen atoms in total. The van der Waals surface area contributed by atoms with E-state index in [-0.39, 0.29) is 29.0 Å². The quantitative estimate of drug-likeness (QED) is 0.320. The van der Waals surface area contributed by atoms with Gasteiger partial charge in [0.15, 0.2) is 11.6 Å². The number of morpholine rings is 1. The Labute approximate surface area is 231 Å². The number of allylic oxidation sites excluding steroid dienone is 2. The van der Waals surface area contributed by atoms with Crippen LogP contribution in [0.2, 0.25) is 0 Å². The molecule has 40 heavy (non-hydrogen) atoms. The van der Waals surface area contributed by atoms with Gasteiger partial charge in [0.2, 0.25) is 23.8 Å². The first-order chi connectivity index (χ1) is 19.4. The average Bonchev–Trinajstić information content (AvgIpc) is 2.97. The van der Waals surface area contributed by atoms with E-state index in [0.717, 1.165) is 19.3 Å². The third kappa shape index (κ3) is 7.64. The van der Waals surface area contributed by atoms with Crippen LogP contribution in [0.5, 0.6) is 0 Å². The first-order valence-corrected chi connectivity index (χ1v) is 13.5. The van der Waals surface area contributed by atoms with Gasteiger partial charge in [-0.15, -0.1) is 0 Å². The molecule has 0 bridgehead atoms. The van der Waals surface area contributed by atoms with E-state index in [1.54, 1.807) is 12.2 Å². The fourth-order valence-corrected chi connectivity index (χ4v) is 4.60. The summed E-state index contributed by atoms with van der Waals surface area (Å²) in [5.41, 5.74) is 5.00. The molecule has 0 radical (unpaired) electrons. The number of hydrogen-bond acceptors (Lipinski definition) is 11. The predicted octanol–water partition coefficient (Wildman–Crippen LogP) is 2.43. The van der Waals surface area contributed by atoms with Gasteiger partial charge in [-0.3, -0.25) is 9.59 Å². The Morgan fingerprint density at radius 3 is 2.25 bits per heavy atom. The lowest BCUT2D eigenvalue weighted by Crippen LogP contribution is -2.49. The van der Waals surface area contributed by atoms with Crippen molar-refractivity contribution in [1.82, 2.24) is 29.8 Å². The molecule has 1 amide bonds. The van der Waals surface area contributed by atoms with Crippen molar-refractivity contribution in [3.05, 3.63) is 24.0 Å². The van der Waals surface area contributed by atoms with Crippen molar-refractivity contribution < 1.29 is 23.1 Å². The molecule has 4 heterocycles. The standard InChI is InChI=1S/C26H35F2N9O3/c1-2-6-18(38)7-4-3-5-8-20(39)35-9-11-36(12-10-35)25-32-23(19-17-30-24(29)31-21(19)22(27)28)33-26(34-25)37-13-15-40-16-14-37/h2,6,17,22H,3-5,7-16H2,1H3,(H2,29,30,31)/b6-2+. The van der Waals surface area contributed by atoms with Crippen LogP contribution < -0.4 is 15.5 Å². The van der Waals surface area contributed by atoms with Gasteiger partial charge < -0.3 is 25.2 Å². The maximum atomic E-state index is 13.8. The third-order valence-corrected chi connectivity index (χ3v) is 6.77. The number of amides is 1. The summed E-state index contributed by atoms with van der Waals surface area (Å²) in [5.74, 6) is 0.647. The Hall–Kier alpha value is -3.81. The highest BCUT2D eigenvalue weighted by Gasteiger charge is 2.27. The molecule has 0 unspecified atom stereocenters. The van der Waals surface area contributed by atoms with Gasteiger partial charge in [0.1, 0.15) is 5.69 Å². The molecule has 2 N–H and O–H groups in total. The summed E-state index contributed by atoms with van der Waals surface area (Å²) in [4.78, 5) is 51.2. The minimum Gasteiger partial charge on any atom is -0.378 e. The first kappa shape index (κ1) is 29.2. The SMILES string of the molecule is C/C=C/C(=O)CCCCCC(=O)N1CCN(c2nc(-c3cnc(N)nc3C(F)F)nc(N3CCOCC3)n2)CC1. The second-order valence-electron chi connectivity index (χ2n) is 9.58. The van der Waals surface area contributed by atoms with Crippen molar-refractivity contribution in [2.75, 3.05) is 68.0 Å². The highest BCUT2D eigenvalue weighted by atomic mass is 19.3. The van der Waals surface area contributed by atoms with Gasteiger partial charge in [-0.1, -0.05) is 12.5 Å². The molecule has 2 aliphatic heterocycles. The molecule has 0 aliphatic carbocycles. The number of anilines is 3. The minimum atomic E-state index is -2.89. The highest BCUT2D eigenvalue weighted by molar-refractivity contribution is 5.89. The van der Waals surface area contributed by atoms with Crippen LogP contribution in [0.3, 0.4) is 0 Å². The van der Waals surface area contributed by atoms with Crippen molar-refractivity contribution in [1.29, 1.82) is 0 Å². The van der Waals surface area contributed by atoms with E-state index in [1.165, 1.54) is 6.20 Å². The molecule has 2 aromatic heterocycles. The van der Waals surface area contributed by atoms with Crippen LogP contribution in [-0.2, 0) is 14.3 Å². The van der Waals surface area contributed by atoms with Crippen molar-refractivity contribution in [3.8, 4) is 11.4 Å². The summed E-state index contributed by atoms with van der Waals surface area (Å²) in [6.07, 6.45) is 4.88. The van der Waals surface area contributed by atoms with Crippen LogP contribution in [0.15, 0.2) is 18.3 Å². The van der Waals surface area contributed by atoms with Gasteiger partial charge >= 0.3 is 0 Å². The zero-order valence-electron chi connectivity index (χ0n) is 22.6. The number of rotatable bonds is 11. The molecule has 216 valence electrons. The molecule has 2 fully saturated rings. The predicted molar refractivity (Wildman–Crippen MR) is 145 cm³/mol. The average molecular weight is 560 g/mol. The summed E-state index contributed by atoms with van der Waals surface area (Å²) < 4.78 is 33.1. The zero-order chi connectivity index (χ0) is 28.5. The summed E-state index contributed by atoms with van der Waals surface area (Å²) in [6, 6.07) is 0. The second-order valence-corrected chi connectivity index (χ2v) is 9.58. The number of nitrogens with two attached hydrogens (primary N) is 1. The number of hydrogen-bond donors (Lipinski definition) is 1. The van der Waals surface area contributed by atoms with Crippen molar-refractivity contribution in [3.63, 3.8) is 0 Å². The van der Waals surface area contributed by atoms with Crippen molar-refractivity contribution >= 4 is 29.5 Å². The van der Waals surface area contributed by atoms with Crippen LogP contribution in [0, 0.1) is 0 Å². The first-order valence-electron chi connectivity index (χ1n) is 13.5. The number of carbonyl (C=O) groups is 2. The number of nitrogens with zero attached hydrogens (tertiary/aromatic N) is 8. The van der Waals surface area contributed by atoms with Crippen LogP contribution in [0.1, 0.15) is 51.1 Å². The summed E-state index contributed by atoms with van der Waals surface area (Å²) in [5, 5.41) is 0. The van der Waals surface area contributed by atoms with E-state index in [2.05, 4.69) is 24.9 Å². The largest absolute Gasteiger partial charge is 0.378 e. The second kappa shape index (κ2) is 14.0. The Bertz CT molecular complexity index is 1200. The Kier molecular flexibility index (Phi) is 10.2. The maximum Gasteiger partial charge on any atom is 0.281 e. The van der Waals surface area contributed by atoms with Gasteiger partial charge in [-0.25, -0.2) is 18.7 Å². The number of aromatic nitrogens is 5. The molecule has 14 heteroatoms. The van der Waals surface area contributed by atoms with Crippen LogP contribution in [-0.4, -0.2) is 94.0 Å². The van der Waals surface area contributed by atoms with Crippen LogP contribution in [0.4, 0.5) is 26.6 Å². The lowest BCUT2D eigenvalue weighted by molar-refractivity contribution is -0.131. The molecule has 0 atom stereocenters. The Morgan fingerprint density at radius 1 is 0.950 bits per heavy atom. The zero-order valence-corrected chi connectivity index (χ0v) is 22.6. The van der Waals surface area contributed by atoms with Crippen molar-refractivity contribution in [2.24, 2.45) is 0 Å². The van der Waals surface area contributed by atoms with Crippen LogP contribution in [0.25, 0.3) is 11.4 Å². The molecule has 2 saturated heterocycles. The van der Waals surface area contributed by atoms with Crippen LogP contribution >= 0.6 is 0 Å². The third-order valence-electron chi connectivity index (χ3n) is 6.77. The smallest absolute Gasteiger partial charge is 0.281 e. The molecule has 2 aromatic rings. The number of halogens is 2. The van der Waals surface area contributed by atoms with E-state index < -0.39 is 12.1 Å². The van der Waals surface area contributed by atoms with Gasteiger partial charge in [0, 0.05) is 58.3 Å². The Balaban J connectivity index is 1.44. The van der Waals surface area contributed by atoms with Gasteiger partial charge in [0.25, 0.3) is 6.43 Å². The molecular formula is C26H35F2N9O3. The number of ether oxygens (including phenoxy) is 1. The highest BCUT2D eigenvalue weighted by Crippen LogP contribution is 2.30. The normalized spacial score (nSPS) is 16.2. The maximum absolute atomic E-state index is 13.8. The minimum absolute atomic E-state index is 0.0106. The lowest BCUT2D eigenvalue weighted by Gasteiger charge is -2.35. The lowest BCUT2D eigenvalue weighted by atomic mass is 10.1. The van der Waals surface area contributed by atoms with Gasteiger partial charge in [0.05, 0.1) is 18.8 Å². The van der Waals surface area contributed by atoms with Crippen molar-refractivity contribution in [2.45, 2.75) is 45.5 Å². The number of piperazine rings is 1. The fourth-order valence-electron chi connectivity index (χ4n) is 4.60. The molecule has 0 spiro atoms. The van der Waals surface area contributed by atoms with Gasteiger partial charge in [-0.2, -0.15) is 15.0 Å². The number of carbonyl (C=O) groups excluding carboxylic acids is 2. The molecule has 4 rings (SSSR count). The Morgan fingerprint density at radius 2 is 1.60 bits per heavy atom. The van der Waals surface area contributed by atoms with E-state index in [1.807, 2.05) is 21.6 Å². The van der Waals surface area contributed by atoms with E-state index in [0.29, 0.717) is 77.2 Å². The van der Waals surface area contributed by atoms with Gasteiger partial charge in [-0.05, 0) is 25.8 Å². The summed E-state index contributed by atoms with van der Waals surface area (Å²) in [6.45, 7) is 5.85. The van der Waals surface area contributed by atoms with E-state index in [4.69, 9.17) is 10.5 Å².